The number of hydrogen-bond donors (Lipinski definition) is 0. The fourth-order valence-corrected chi connectivity index (χ4v) is 3.90. The molecule has 1 fully saturated rings. The van der Waals surface area contributed by atoms with Crippen LogP contribution in [0.5, 0.6) is 0 Å². The molecule has 0 radical (unpaired) electrons. The van der Waals surface area contributed by atoms with Crippen molar-refractivity contribution in [2.75, 3.05) is 7.11 Å². The molecule has 2 heterocycles. The van der Waals surface area contributed by atoms with Crippen LogP contribution in [0, 0.1) is 0 Å². The van der Waals surface area contributed by atoms with Crippen molar-refractivity contribution in [3.05, 3.63) is 40.9 Å². The largest absolute Gasteiger partial charge is 0.467 e. The predicted octanol–water partition coefficient (Wildman–Crippen LogP) is 3.82. The van der Waals surface area contributed by atoms with Gasteiger partial charge in [0.05, 0.1) is 12.0 Å². The number of nitrogens with zero attached hydrogens (tertiary/aromatic N) is 2. The Morgan fingerprint density at radius 2 is 1.88 bits per heavy atom. The van der Waals surface area contributed by atoms with Crippen LogP contribution in [0.15, 0.2) is 35.4 Å². The van der Waals surface area contributed by atoms with Crippen LogP contribution in [0.25, 0.3) is 17.0 Å². The number of aromatic nitrogens is 1. The maximum atomic E-state index is 12.7. The molecule has 1 aromatic heterocycles. The molecule has 0 aliphatic carbocycles. The minimum Gasteiger partial charge on any atom is -0.467 e. The fraction of sp³-hybridized carbons (Fsp3) is 0.316. The van der Waals surface area contributed by atoms with E-state index in [1.54, 1.807) is 6.08 Å². The van der Waals surface area contributed by atoms with Gasteiger partial charge in [-0.25, -0.2) is 4.79 Å². The predicted molar refractivity (Wildman–Crippen MR) is 102 cm³/mol. The zero-order valence-corrected chi connectivity index (χ0v) is 15.9. The molecule has 7 heteroatoms. The molecule has 6 nitrogen and oxygen atoms in total. The number of benzene rings is 1. The Labute approximate surface area is 155 Å². The maximum absolute atomic E-state index is 12.7. The summed E-state index contributed by atoms with van der Waals surface area (Å²) in [6, 6.07) is 7.23. The molecule has 1 atom stereocenters. The van der Waals surface area contributed by atoms with E-state index in [2.05, 4.69) is 23.2 Å². The molecule has 136 valence electrons. The van der Waals surface area contributed by atoms with E-state index in [0.29, 0.717) is 4.91 Å². The van der Waals surface area contributed by atoms with E-state index in [9.17, 15) is 14.4 Å². The second-order valence-electron chi connectivity index (χ2n) is 6.35. The summed E-state index contributed by atoms with van der Waals surface area (Å²) in [7, 11) is 1.23. The summed E-state index contributed by atoms with van der Waals surface area (Å²) < 4.78 is 6.77. The van der Waals surface area contributed by atoms with E-state index in [1.807, 2.05) is 30.5 Å². The zero-order valence-electron chi connectivity index (χ0n) is 15.1. The average molecular weight is 372 g/mol. The molecule has 1 aliphatic rings. The first-order valence-corrected chi connectivity index (χ1v) is 9.11. The lowest BCUT2D eigenvalue weighted by molar-refractivity contribution is -0.148. The maximum Gasteiger partial charge on any atom is 0.328 e. The Morgan fingerprint density at radius 3 is 2.54 bits per heavy atom. The normalized spacial score (nSPS) is 17.6. The van der Waals surface area contributed by atoms with Gasteiger partial charge in [0.2, 0.25) is 0 Å². The number of hydrogen-bond acceptors (Lipinski definition) is 5. The molecule has 26 heavy (non-hydrogen) atoms. The molecular weight excluding hydrogens is 352 g/mol. The van der Waals surface area contributed by atoms with Gasteiger partial charge in [0.25, 0.3) is 11.1 Å². The van der Waals surface area contributed by atoms with Crippen molar-refractivity contribution >= 4 is 45.9 Å². The second kappa shape index (κ2) is 6.99. The van der Waals surface area contributed by atoms with E-state index >= 15 is 0 Å². The topological polar surface area (TPSA) is 68.6 Å². The summed E-state index contributed by atoms with van der Waals surface area (Å²) in [5.41, 5.74) is 1.93. The number of imide groups is 1. The number of esters is 1. The highest BCUT2D eigenvalue weighted by Crippen LogP contribution is 2.35. The van der Waals surface area contributed by atoms with Crippen molar-refractivity contribution < 1.29 is 19.1 Å². The van der Waals surface area contributed by atoms with Crippen LogP contribution in [-0.4, -0.2) is 39.7 Å². The highest BCUT2D eigenvalue weighted by molar-refractivity contribution is 8.18. The first-order chi connectivity index (χ1) is 12.3. The van der Waals surface area contributed by atoms with Crippen molar-refractivity contribution in [1.82, 2.24) is 9.47 Å². The Hall–Kier alpha value is -2.54. The molecule has 3 rings (SSSR count). The molecule has 0 saturated carbocycles. The first kappa shape index (κ1) is 18.3. The average Bonchev–Trinajstić information content (AvgIpc) is 3.12. The van der Waals surface area contributed by atoms with Crippen LogP contribution >= 0.6 is 11.8 Å². The molecule has 2 aromatic rings. The van der Waals surface area contributed by atoms with Crippen LogP contribution in [0.3, 0.4) is 0 Å². The van der Waals surface area contributed by atoms with Gasteiger partial charge in [0.15, 0.2) is 0 Å². The van der Waals surface area contributed by atoms with E-state index < -0.39 is 23.2 Å². The monoisotopic (exact) mass is 372 g/mol. The molecule has 1 aliphatic heterocycles. The number of ether oxygens (including phenoxy) is 1. The van der Waals surface area contributed by atoms with Gasteiger partial charge in [-0.2, -0.15) is 0 Å². The highest BCUT2D eigenvalue weighted by Gasteiger charge is 2.41. The Morgan fingerprint density at radius 1 is 1.19 bits per heavy atom. The third kappa shape index (κ3) is 3.03. The summed E-state index contributed by atoms with van der Waals surface area (Å²) in [5, 5.41) is 0.542. The number of thioether (sulfide) groups is 1. The van der Waals surface area contributed by atoms with Gasteiger partial charge in [-0.1, -0.05) is 18.2 Å². The molecule has 2 amide bonds. The van der Waals surface area contributed by atoms with Crippen LogP contribution in [0.1, 0.15) is 32.4 Å². The summed E-state index contributed by atoms with van der Waals surface area (Å²) in [6.07, 6.45) is 3.70. The number of fused-ring (bicyclic) bond motifs is 1. The van der Waals surface area contributed by atoms with Gasteiger partial charge in [0, 0.05) is 28.7 Å². The Balaban J connectivity index is 2.02. The van der Waals surface area contributed by atoms with Crippen molar-refractivity contribution in [2.45, 2.75) is 32.9 Å². The van der Waals surface area contributed by atoms with Gasteiger partial charge >= 0.3 is 5.97 Å². The number of carbonyl (C=O) groups is 3. The van der Waals surface area contributed by atoms with Gasteiger partial charge in [0.1, 0.15) is 6.04 Å². The van der Waals surface area contributed by atoms with E-state index in [4.69, 9.17) is 0 Å². The summed E-state index contributed by atoms with van der Waals surface area (Å²) in [5.74, 6) is -1.09. The molecule has 1 aromatic carbocycles. The Bertz CT molecular complexity index is 929. The number of carbonyl (C=O) groups excluding carboxylic acids is 3. The number of rotatable bonds is 4. The standard InChI is InChI=1S/C19H20N2O4S/c1-11(2)20-10-13(14-7-5-6-8-15(14)20)9-16-17(22)21(19(24)26-16)12(3)18(23)25-4/h5-12H,1-4H3/b16-9-/t12-/m1/s1. The van der Waals surface area contributed by atoms with Crippen LogP contribution in [0.4, 0.5) is 4.79 Å². The lowest BCUT2D eigenvalue weighted by atomic mass is 10.1. The third-order valence-electron chi connectivity index (χ3n) is 4.37. The van der Waals surface area contributed by atoms with E-state index in [-0.39, 0.29) is 6.04 Å². The van der Waals surface area contributed by atoms with Gasteiger partial charge in [-0.3, -0.25) is 14.5 Å². The van der Waals surface area contributed by atoms with Crippen LogP contribution < -0.4 is 0 Å². The third-order valence-corrected chi connectivity index (χ3v) is 5.25. The molecule has 0 spiro atoms. The Kier molecular flexibility index (Phi) is 4.91. The molecule has 0 bridgehead atoms. The summed E-state index contributed by atoms with van der Waals surface area (Å²) >= 11 is 0.841. The fourth-order valence-electron chi connectivity index (χ4n) is 3.01. The van der Waals surface area contributed by atoms with Crippen molar-refractivity contribution in [1.29, 1.82) is 0 Å². The van der Waals surface area contributed by atoms with Crippen LogP contribution in [0.2, 0.25) is 0 Å². The quantitative estimate of drug-likeness (QED) is 0.603. The highest BCUT2D eigenvalue weighted by atomic mass is 32.2. The van der Waals surface area contributed by atoms with Crippen molar-refractivity contribution in [3.8, 4) is 0 Å². The molecule has 0 N–H and O–H groups in total. The van der Waals surface area contributed by atoms with E-state index in [0.717, 1.165) is 33.1 Å². The van der Waals surface area contributed by atoms with Gasteiger partial charge in [-0.15, -0.1) is 0 Å². The first-order valence-electron chi connectivity index (χ1n) is 8.29. The lowest BCUT2D eigenvalue weighted by Crippen LogP contribution is -2.42. The SMILES string of the molecule is COC(=O)[C@@H](C)N1C(=O)S/C(=C\c2cn(C(C)C)c3ccccc23)C1=O. The number of para-hydroxylation sites is 1. The second-order valence-corrected chi connectivity index (χ2v) is 7.35. The molecular formula is C19H20N2O4S. The minimum absolute atomic E-state index is 0.261. The summed E-state index contributed by atoms with van der Waals surface area (Å²) in [6.45, 7) is 5.65. The number of methoxy groups -OCH3 is 1. The van der Waals surface area contributed by atoms with Crippen molar-refractivity contribution in [2.24, 2.45) is 0 Å². The van der Waals surface area contributed by atoms with Crippen LogP contribution in [-0.2, 0) is 14.3 Å². The smallest absolute Gasteiger partial charge is 0.328 e. The summed E-state index contributed by atoms with van der Waals surface area (Å²) in [4.78, 5) is 37.9. The van der Waals surface area contributed by atoms with Gasteiger partial charge in [-0.05, 0) is 44.7 Å². The van der Waals surface area contributed by atoms with Crippen molar-refractivity contribution in [3.63, 3.8) is 0 Å². The lowest BCUT2D eigenvalue weighted by Gasteiger charge is -2.18. The van der Waals surface area contributed by atoms with E-state index in [1.165, 1.54) is 14.0 Å². The minimum atomic E-state index is -0.949. The zero-order chi connectivity index (χ0) is 19.0. The molecule has 0 unspecified atom stereocenters. The number of amides is 2. The van der Waals surface area contributed by atoms with Gasteiger partial charge < -0.3 is 9.30 Å². The molecule has 1 saturated heterocycles.